The average Bonchev–Trinajstić information content (AvgIpc) is 2.57. The van der Waals surface area contributed by atoms with Crippen LogP contribution in [0.15, 0.2) is 48.5 Å². The number of ether oxygens (including phenoxy) is 2. The van der Waals surface area contributed by atoms with Crippen LogP contribution in [0.4, 0.5) is 4.39 Å². The molecule has 0 aliphatic carbocycles. The summed E-state index contributed by atoms with van der Waals surface area (Å²) in [5.74, 6) is -0.634. The van der Waals surface area contributed by atoms with Crippen molar-refractivity contribution in [2.45, 2.75) is 0 Å². The number of carbonyl (C=O) groups is 2. The highest BCUT2D eigenvalue weighted by molar-refractivity contribution is 6.08. The van der Waals surface area contributed by atoms with Crippen molar-refractivity contribution in [1.29, 1.82) is 0 Å². The van der Waals surface area contributed by atoms with Crippen LogP contribution in [0.25, 0.3) is 6.08 Å². The molecule has 0 fully saturated rings. The van der Waals surface area contributed by atoms with Gasteiger partial charge in [-0.3, -0.25) is 9.59 Å². The molecule has 0 bridgehead atoms. The van der Waals surface area contributed by atoms with Crippen molar-refractivity contribution in [2.75, 3.05) is 13.7 Å². The van der Waals surface area contributed by atoms with E-state index >= 15 is 0 Å². The molecule has 0 saturated heterocycles. The number of allylic oxidation sites excluding steroid dienone is 1. The maximum Gasteiger partial charge on any atom is 0.255 e. The van der Waals surface area contributed by atoms with Crippen molar-refractivity contribution in [1.82, 2.24) is 0 Å². The summed E-state index contributed by atoms with van der Waals surface area (Å²) in [4.78, 5) is 23.0. The Balaban J connectivity index is 2.17. The highest BCUT2D eigenvalue weighted by Crippen LogP contribution is 2.25. The van der Waals surface area contributed by atoms with Gasteiger partial charge in [-0.15, -0.1) is 0 Å². The van der Waals surface area contributed by atoms with Gasteiger partial charge < -0.3 is 15.2 Å². The number of rotatable bonds is 7. The van der Waals surface area contributed by atoms with Gasteiger partial charge in [0.1, 0.15) is 17.3 Å². The van der Waals surface area contributed by atoms with Crippen LogP contribution < -0.4 is 15.2 Å². The Morgan fingerprint density at radius 1 is 1.21 bits per heavy atom. The lowest BCUT2D eigenvalue weighted by Crippen LogP contribution is -2.20. The first-order valence-electron chi connectivity index (χ1n) is 7.06. The SMILES string of the molecule is COc1cc(OCC(N)=O)ccc1C(=O)/C=C/c1cccc(F)c1. The van der Waals surface area contributed by atoms with Crippen LogP contribution in [0.3, 0.4) is 0 Å². The lowest BCUT2D eigenvalue weighted by atomic mass is 10.1. The standard InChI is InChI=1S/C18H16FNO4/c1-23-17-10-14(24-11-18(20)22)6-7-15(17)16(21)8-5-12-3-2-4-13(19)9-12/h2-10H,11H2,1H3,(H2,20,22)/b8-5+. The number of methoxy groups -OCH3 is 1. The molecule has 0 heterocycles. The van der Waals surface area contributed by atoms with Gasteiger partial charge in [-0.05, 0) is 35.9 Å². The smallest absolute Gasteiger partial charge is 0.255 e. The molecule has 2 aromatic rings. The number of primary amides is 1. The molecule has 24 heavy (non-hydrogen) atoms. The molecule has 2 aromatic carbocycles. The van der Waals surface area contributed by atoms with E-state index in [2.05, 4.69) is 0 Å². The van der Waals surface area contributed by atoms with E-state index in [9.17, 15) is 14.0 Å². The van der Waals surface area contributed by atoms with Crippen LogP contribution in [-0.4, -0.2) is 25.4 Å². The summed E-state index contributed by atoms with van der Waals surface area (Å²) >= 11 is 0. The zero-order valence-electron chi connectivity index (χ0n) is 13.0. The second-order valence-corrected chi connectivity index (χ2v) is 4.87. The highest BCUT2D eigenvalue weighted by atomic mass is 19.1. The van der Waals surface area contributed by atoms with Gasteiger partial charge in [0.25, 0.3) is 5.91 Å². The van der Waals surface area contributed by atoms with E-state index < -0.39 is 5.91 Å². The zero-order valence-corrected chi connectivity index (χ0v) is 13.0. The third-order valence-corrected chi connectivity index (χ3v) is 3.10. The summed E-state index contributed by atoms with van der Waals surface area (Å²) < 4.78 is 23.5. The van der Waals surface area contributed by atoms with Gasteiger partial charge in [-0.25, -0.2) is 4.39 Å². The summed E-state index contributed by atoms with van der Waals surface area (Å²) in [6.07, 6.45) is 2.85. The Labute approximate surface area is 138 Å². The fraction of sp³-hybridized carbons (Fsp3) is 0.111. The molecule has 0 aromatic heterocycles. The van der Waals surface area contributed by atoms with E-state index in [1.54, 1.807) is 12.1 Å². The normalized spacial score (nSPS) is 10.6. The fourth-order valence-electron chi connectivity index (χ4n) is 1.99. The minimum atomic E-state index is -0.604. The number of hydrogen-bond acceptors (Lipinski definition) is 4. The zero-order chi connectivity index (χ0) is 17.5. The van der Waals surface area contributed by atoms with Crippen LogP contribution in [0.2, 0.25) is 0 Å². The molecule has 0 atom stereocenters. The first kappa shape index (κ1) is 17.2. The predicted octanol–water partition coefficient (Wildman–Crippen LogP) is 2.59. The highest BCUT2D eigenvalue weighted by Gasteiger charge is 2.11. The number of halogens is 1. The molecule has 0 aliphatic heterocycles. The van der Waals surface area contributed by atoms with Crippen molar-refractivity contribution in [3.05, 3.63) is 65.5 Å². The summed E-state index contributed by atoms with van der Waals surface area (Å²) in [5, 5.41) is 0. The number of nitrogens with two attached hydrogens (primary N) is 1. The van der Waals surface area contributed by atoms with Gasteiger partial charge in [-0.2, -0.15) is 0 Å². The summed E-state index contributed by atoms with van der Waals surface area (Å²) in [6.45, 7) is -0.268. The van der Waals surface area contributed by atoms with E-state index in [1.165, 1.54) is 49.6 Å². The number of benzene rings is 2. The molecule has 2 rings (SSSR count). The van der Waals surface area contributed by atoms with Gasteiger partial charge in [0, 0.05) is 6.07 Å². The van der Waals surface area contributed by atoms with Crippen molar-refractivity contribution < 1.29 is 23.5 Å². The van der Waals surface area contributed by atoms with Gasteiger partial charge in [0.05, 0.1) is 12.7 Å². The Kier molecular flexibility index (Phi) is 5.68. The molecule has 2 N–H and O–H groups in total. The van der Waals surface area contributed by atoms with Gasteiger partial charge >= 0.3 is 0 Å². The Morgan fingerprint density at radius 2 is 2.00 bits per heavy atom. The van der Waals surface area contributed by atoms with Crippen molar-refractivity contribution in [3.8, 4) is 11.5 Å². The lowest BCUT2D eigenvalue weighted by Gasteiger charge is -2.09. The first-order valence-corrected chi connectivity index (χ1v) is 7.06. The van der Waals surface area contributed by atoms with Crippen LogP contribution in [0.5, 0.6) is 11.5 Å². The molecule has 124 valence electrons. The van der Waals surface area contributed by atoms with E-state index in [4.69, 9.17) is 15.2 Å². The molecular weight excluding hydrogens is 313 g/mol. The molecular formula is C18H16FNO4. The van der Waals surface area contributed by atoms with E-state index in [0.717, 1.165) is 0 Å². The maximum atomic E-state index is 13.1. The Morgan fingerprint density at radius 3 is 2.67 bits per heavy atom. The van der Waals surface area contributed by atoms with E-state index in [0.29, 0.717) is 22.6 Å². The molecule has 0 radical (unpaired) electrons. The lowest BCUT2D eigenvalue weighted by molar-refractivity contribution is -0.119. The van der Waals surface area contributed by atoms with Gasteiger partial charge in [0.15, 0.2) is 12.4 Å². The quantitative estimate of drug-likeness (QED) is 0.625. The van der Waals surface area contributed by atoms with Crippen LogP contribution in [0.1, 0.15) is 15.9 Å². The van der Waals surface area contributed by atoms with Gasteiger partial charge in [-0.1, -0.05) is 18.2 Å². The average molecular weight is 329 g/mol. The summed E-state index contributed by atoms with van der Waals surface area (Å²) in [5.41, 5.74) is 5.90. The third-order valence-electron chi connectivity index (χ3n) is 3.10. The minimum absolute atomic E-state index is 0.268. The topological polar surface area (TPSA) is 78.6 Å². The summed E-state index contributed by atoms with van der Waals surface area (Å²) in [6, 6.07) is 10.4. The largest absolute Gasteiger partial charge is 0.496 e. The minimum Gasteiger partial charge on any atom is -0.496 e. The Bertz CT molecular complexity index is 786. The van der Waals surface area contributed by atoms with Crippen molar-refractivity contribution in [2.24, 2.45) is 5.73 Å². The van der Waals surface area contributed by atoms with Crippen LogP contribution in [0, 0.1) is 5.82 Å². The number of ketones is 1. The molecule has 5 nitrogen and oxygen atoms in total. The Hall–Kier alpha value is -3.15. The fourth-order valence-corrected chi connectivity index (χ4v) is 1.99. The van der Waals surface area contributed by atoms with Gasteiger partial charge in [0.2, 0.25) is 0 Å². The maximum absolute atomic E-state index is 13.1. The second-order valence-electron chi connectivity index (χ2n) is 4.87. The van der Waals surface area contributed by atoms with Crippen LogP contribution in [-0.2, 0) is 4.79 Å². The van der Waals surface area contributed by atoms with E-state index in [1.807, 2.05) is 0 Å². The van der Waals surface area contributed by atoms with Crippen molar-refractivity contribution >= 4 is 17.8 Å². The summed E-state index contributed by atoms with van der Waals surface area (Å²) in [7, 11) is 1.42. The third kappa shape index (κ3) is 4.67. The molecule has 6 heteroatoms. The first-order chi connectivity index (χ1) is 11.5. The molecule has 0 spiro atoms. The van der Waals surface area contributed by atoms with Crippen molar-refractivity contribution in [3.63, 3.8) is 0 Å². The van der Waals surface area contributed by atoms with E-state index in [-0.39, 0.29) is 18.2 Å². The predicted molar refractivity (Wildman–Crippen MR) is 87.4 cm³/mol. The van der Waals surface area contributed by atoms with Crippen LogP contribution >= 0.6 is 0 Å². The second kappa shape index (κ2) is 7.92. The number of hydrogen-bond donors (Lipinski definition) is 1. The molecule has 0 unspecified atom stereocenters. The molecule has 0 aliphatic rings. The molecule has 0 saturated carbocycles. The number of amides is 1. The number of carbonyl (C=O) groups excluding carboxylic acids is 2. The molecule has 1 amide bonds. The monoisotopic (exact) mass is 329 g/mol.